The van der Waals surface area contributed by atoms with Crippen LogP contribution in [0.1, 0.15) is 25.5 Å². The molecule has 0 fully saturated rings. The smallest absolute Gasteiger partial charge is 0.0873 e. The molecule has 0 bridgehead atoms. The summed E-state index contributed by atoms with van der Waals surface area (Å²) < 4.78 is 1.94. The van der Waals surface area contributed by atoms with E-state index in [-0.39, 0.29) is 0 Å². The Labute approximate surface area is 116 Å². The molecule has 1 aromatic carbocycles. The van der Waals surface area contributed by atoms with Crippen molar-refractivity contribution in [1.29, 1.82) is 0 Å². The van der Waals surface area contributed by atoms with Crippen LogP contribution < -0.4 is 0 Å². The first kappa shape index (κ1) is 12.3. The van der Waals surface area contributed by atoms with Crippen LogP contribution in [0.25, 0.3) is 10.9 Å². The van der Waals surface area contributed by atoms with Gasteiger partial charge in [-0.1, -0.05) is 41.4 Å². The van der Waals surface area contributed by atoms with Crippen LogP contribution in [0, 0.1) is 0 Å². The van der Waals surface area contributed by atoms with Crippen LogP contribution in [-0.2, 0) is 0 Å². The molecule has 0 spiro atoms. The molecule has 0 aliphatic carbocycles. The number of hydrogen-bond donors (Lipinski definition) is 0. The second-order valence-corrected chi connectivity index (χ2v) is 6.05. The van der Waals surface area contributed by atoms with E-state index in [1.807, 2.05) is 18.2 Å². The molecule has 0 aliphatic heterocycles. The lowest BCUT2D eigenvalue weighted by Gasteiger charge is -2.10. The summed E-state index contributed by atoms with van der Waals surface area (Å²) in [6.07, 6.45) is 0. The van der Waals surface area contributed by atoms with Crippen molar-refractivity contribution in [3.8, 4) is 0 Å². The fourth-order valence-corrected chi connectivity index (χ4v) is 2.91. The van der Waals surface area contributed by atoms with Crippen molar-refractivity contribution >= 4 is 54.4 Å². The molecule has 1 nitrogen and oxygen atoms in total. The lowest BCUT2D eigenvalue weighted by atomic mass is 10.1. The molecular weight excluding hydrogens is 353 g/mol. The minimum absolute atomic E-state index is 0.368. The van der Waals surface area contributed by atoms with Crippen molar-refractivity contribution in [3.63, 3.8) is 0 Å². The molecule has 0 radical (unpaired) electrons. The van der Waals surface area contributed by atoms with Gasteiger partial charge in [0.15, 0.2) is 0 Å². The Bertz CT molecular complexity index is 552. The van der Waals surface area contributed by atoms with Crippen LogP contribution in [0.2, 0.25) is 5.02 Å². The summed E-state index contributed by atoms with van der Waals surface area (Å²) >= 11 is 13.3. The molecule has 1 heterocycles. The fraction of sp³-hybridized carbons (Fsp3) is 0.250. The highest BCUT2D eigenvalue weighted by Gasteiger charge is 2.11. The molecule has 0 aliphatic rings. The Morgan fingerprint density at radius 1 is 1.19 bits per heavy atom. The van der Waals surface area contributed by atoms with Crippen LogP contribution in [0.4, 0.5) is 0 Å². The molecule has 0 saturated carbocycles. The van der Waals surface area contributed by atoms with Crippen molar-refractivity contribution in [1.82, 2.24) is 4.98 Å². The third-order valence-corrected chi connectivity index (χ3v) is 4.02. The molecule has 0 N–H and O–H groups in total. The van der Waals surface area contributed by atoms with E-state index in [2.05, 4.69) is 50.7 Å². The van der Waals surface area contributed by atoms with Crippen molar-refractivity contribution in [2.45, 2.75) is 19.8 Å². The first-order chi connectivity index (χ1) is 7.50. The summed E-state index contributed by atoms with van der Waals surface area (Å²) in [5.41, 5.74) is 1.92. The predicted octanol–water partition coefficient (Wildman–Crippen LogP) is 5.54. The number of benzene rings is 1. The molecule has 0 atom stereocenters. The molecule has 0 saturated heterocycles. The van der Waals surface area contributed by atoms with Crippen molar-refractivity contribution in [2.75, 3.05) is 0 Å². The summed E-state index contributed by atoms with van der Waals surface area (Å²) in [5.74, 6) is 0.368. The SMILES string of the molecule is CC(C)c1cc(Cl)c2c(Br)ccc(Br)c2n1. The van der Waals surface area contributed by atoms with E-state index in [9.17, 15) is 0 Å². The first-order valence-electron chi connectivity index (χ1n) is 4.95. The van der Waals surface area contributed by atoms with E-state index in [1.54, 1.807) is 0 Å². The number of fused-ring (bicyclic) bond motifs is 1. The summed E-state index contributed by atoms with van der Waals surface area (Å²) in [6, 6.07) is 5.88. The first-order valence-corrected chi connectivity index (χ1v) is 6.91. The molecule has 16 heavy (non-hydrogen) atoms. The monoisotopic (exact) mass is 361 g/mol. The Hall–Kier alpha value is -0.120. The fourth-order valence-electron chi connectivity index (χ4n) is 1.54. The van der Waals surface area contributed by atoms with Gasteiger partial charge in [0.05, 0.1) is 10.5 Å². The maximum Gasteiger partial charge on any atom is 0.0873 e. The molecule has 0 unspecified atom stereocenters. The number of rotatable bonds is 1. The van der Waals surface area contributed by atoms with E-state index in [4.69, 9.17) is 11.6 Å². The lowest BCUT2D eigenvalue weighted by Crippen LogP contribution is -1.94. The van der Waals surface area contributed by atoms with Gasteiger partial charge in [-0.25, -0.2) is 0 Å². The molecule has 2 rings (SSSR count). The zero-order valence-corrected chi connectivity index (χ0v) is 12.8. The molecular formula is C12H10Br2ClN. The van der Waals surface area contributed by atoms with Crippen molar-refractivity contribution in [2.24, 2.45) is 0 Å². The average molecular weight is 363 g/mol. The van der Waals surface area contributed by atoms with Crippen LogP contribution in [0.15, 0.2) is 27.1 Å². The highest BCUT2D eigenvalue weighted by atomic mass is 79.9. The van der Waals surface area contributed by atoms with Gasteiger partial charge in [-0.2, -0.15) is 0 Å². The van der Waals surface area contributed by atoms with Crippen LogP contribution in [0.3, 0.4) is 0 Å². The molecule has 4 heteroatoms. The van der Waals surface area contributed by atoms with E-state index >= 15 is 0 Å². The predicted molar refractivity (Wildman–Crippen MR) is 76.2 cm³/mol. The van der Waals surface area contributed by atoms with Gasteiger partial charge in [-0.15, -0.1) is 0 Å². The molecule has 0 amide bonds. The Balaban J connectivity index is 2.86. The number of aromatic nitrogens is 1. The molecule has 2 aromatic rings. The minimum Gasteiger partial charge on any atom is -0.251 e. The Morgan fingerprint density at radius 2 is 1.81 bits per heavy atom. The van der Waals surface area contributed by atoms with Gasteiger partial charge in [0.25, 0.3) is 0 Å². The summed E-state index contributed by atoms with van der Waals surface area (Å²) in [6.45, 7) is 4.22. The van der Waals surface area contributed by atoms with Gasteiger partial charge >= 0.3 is 0 Å². The summed E-state index contributed by atoms with van der Waals surface area (Å²) in [4.78, 5) is 4.63. The van der Waals surface area contributed by atoms with Crippen LogP contribution in [0.5, 0.6) is 0 Å². The van der Waals surface area contributed by atoms with Crippen LogP contribution in [-0.4, -0.2) is 4.98 Å². The molecule has 1 aromatic heterocycles. The quantitative estimate of drug-likeness (QED) is 0.648. The van der Waals surface area contributed by atoms with Gasteiger partial charge < -0.3 is 0 Å². The molecule has 84 valence electrons. The maximum absolute atomic E-state index is 6.29. The number of halogens is 3. The number of nitrogens with zero attached hydrogens (tertiary/aromatic N) is 1. The van der Waals surface area contributed by atoms with Gasteiger partial charge in [-0.05, 0) is 40.0 Å². The number of pyridine rings is 1. The van der Waals surface area contributed by atoms with Crippen molar-refractivity contribution < 1.29 is 0 Å². The lowest BCUT2D eigenvalue weighted by molar-refractivity contribution is 0.830. The Kier molecular flexibility index (Phi) is 3.57. The number of hydrogen-bond acceptors (Lipinski definition) is 1. The second-order valence-electron chi connectivity index (χ2n) is 3.94. The topological polar surface area (TPSA) is 12.9 Å². The Morgan fingerprint density at radius 3 is 2.44 bits per heavy atom. The van der Waals surface area contributed by atoms with Gasteiger partial charge in [0.1, 0.15) is 0 Å². The highest BCUT2D eigenvalue weighted by Crippen LogP contribution is 2.35. The second kappa shape index (κ2) is 4.63. The van der Waals surface area contributed by atoms with E-state index in [0.29, 0.717) is 5.92 Å². The third-order valence-electron chi connectivity index (χ3n) is 2.42. The van der Waals surface area contributed by atoms with Crippen LogP contribution >= 0.6 is 43.5 Å². The summed E-state index contributed by atoms with van der Waals surface area (Å²) in [5, 5.41) is 1.70. The standard InChI is InChI=1S/C12H10Br2ClN/c1-6(2)10-5-9(15)11-7(13)3-4-8(14)12(11)16-10/h3-6H,1-2H3. The van der Waals surface area contributed by atoms with Gasteiger partial charge in [0, 0.05) is 20.0 Å². The zero-order chi connectivity index (χ0) is 11.9. The van der Waals surface area contributed by atoms with Gasteiger partial charge in [-0.3, -0.25) is 4.98 Å². The van der Waals surface area contributed by atoms with E-state index in [0.717, 1.165) is 30.6 Å². The zero-order valence-electron chi connectivity index (χ0n) is 8.89. The largest absolute Gasteiger partial charge is 0.251 e. The van der Waals surface area contributed by atoms with E-state index < -0.39 is 0 Å². The highest BCUT2D eigenvalue weighted by molar-refractivity contribution is 9.11. The normalized spacial score (nSPS) is 11.4. The maximum atomic E-state index is 6.29. The van der Waals surface area contributed by atoms with Gasteiger partial charge in [0.2, 0.25) is 0 Å². The average Bonchev–Trinajstić information content (AvgIpc) is 2.22. The third kappa shape index (κ3) is 2.13. The summed E-state index contributed by atoms with van der Waals surface area (Å²) in [7, 11) is 0. The minimum atomic E-state index is 0.368. The van der Waals surface area contributed by atoms with Crippen molar-refractivity contribution in [3.05, 3.63) is 37.9 Å². The van der Waals surface area contributed by atoms with E-state index in [1.165, 1.54) is 0 Å².